The second-order valence-corrected chi connectivity index (χ2v) is 6.96. The zero-order valence-corrected chi connectivity index (χ0v) is 14.2. The molecule has 1 atom stereocenters. The summed E-state index contributed by atoms with van der Waals surface area (Å²) in [6.07, 6.45) is 0. The Bertz CT molecular complexity index is 785. The van der Waals surface area contributed by atoms with Crippen molar-refractivity contribution in [3.05, 3.63) is 67.7 Å². The van der Waals surface area contributed by atoms with Gasteiger partial charge >= 0.3 is 0 Å². The number of nitrogens with two attached hydrogens (primary N) is 1. The number of benzene rings is 2. The number of rotatable bonds is 2. The fourth-order valence-electron chi connectivity index (χ4n) is 2.21. The lowest BCUT2D eigenvalue weighted by molar-refractivity contribution is 0.616. The Labute approximate surface area is 136 Å². The molecule has 0 aliphatic carbocycles. The molecule has 1 aromatic heterocycles. The van der Waals surface area contributed by atoms with Gasteiger partial charge in [-0.25, -0.2) is 4.39 Å². The van der Waals surface area contributed by atoms with Crippen molar-refractivity contribution in [2.45, 2.75) is 6.04 Å². The fraction of sp³-hybridized carbons (Fsp3) is 0.0667. The van der Waals surface area contributed by atoms with Crippen molar-refractivity contribution in [3.8, 4) is 0 Å². The number of hydrogen-bond acceptors (Lipinski definition) is 2. The first-order valence-electron chi connectivity index (χ1n) is 5.94. The fourth-order valence-corrected chi connectivity index (χ4v) is 4.38. The highest BCUT2D eigenvalue weighted by Crippen LogP contribution is 2.38. The number of halogens is 3. The zero-order chi connectivity index (χ0) is 14.3. The lowest BCUT2D eigenvalue weighted by Gasteiger charge is -2.14. The minimum atomic E-state index is -0.358. The van der Waals surface area contributed by atoms with E-state index in [1.165, 1.54) is 6.07 Å². The molecule has 20 heavy (non-hydrogen) atoms. The predicted molar refractivity (Wildman–Crippen MR) is 89.7 cm³/mol. The summed E-state index contributed by atoms with van der Waals surface area (Å²) < 4.78 is 16.3. The van der Waals surface area contributed by atoms with E-state index in [0.29, 0.717) is 4.47 Å². The van der Waals surface area contributed by atoms with Gasteiger partial charge in [-0.15, -0.1) is 11.3 Å². The van der Waals surface area contributed by atoms with E-state index in [4.69, 9.17) is 5.73 Å². The highest BCUT2D eigenvalue weighted by molar-refractivity contribution is 9.11. The first kappa shape index (κ1) is 14.2. The van der Waals surface area contributed by atoms with Crippen molar-refractivity contribution in [1.82, 2.24) is 0 Å². The van der Waals surface area contributed by atoms with Crippen LogP contribution < -0.4 is 5.73 Å². The minimum absolute atomic E-state index is 0.293. The van der Waals surface area contributed by atoms with E-state index in [2.05, 4.69) is 31.9 Å². The molecule has 5 heteroatoms. The summed E-state index contributed by atoms with van der Waals surface area (Å²) >= 11 is 8.46. The molecule has 0 aliphatic heterocycles. The molecule has 1 nitrogen and oxygen atoms in total. The van der Waals surface area contributed by atoms with Crippen LogP contribution in [0.1, 0.15) is 17.2 Å². The maximum atomic E-state index is 13.7. The van der Waals surface area contributed by atoms with E-state index in [-0.39, 0.29) is 11.9 Å². The Morgan fingerprint density at radius 2 is 1.80 bits per heavy atom. The van der Waals surface area contributed by atoms with E-state index >= 15 is 0 Å². The number of thiophene rings is 1. The highest BCUT2D eigenvalue weighted by atomic mass is 79.9. The second-order valence-electron chi connectivity index (χ2n) is 4.43. The molecule has 0 saturated carbocycles. The summed E-state index contributed by atoms with van der Waals surface area (Å²) in [6.45, 7) is 0. The average molecular weight is 415 g/mol. The molecule has 2 aromatic carbocycles. The number of hydrogen-bond donors (Lipinski definition) is 1. The first-order chi connectivity index (χ1) is 9.59. The maximum Gasteiger partial charge on any atom is 0.137 e. The maximum absolute atomic E-state index is 13.7. The van der Waals surface area contributed by atoms with Gasteiger partial charge in [-0.05, 0) is 65.9 Å². The topological polar surface area (TPSA) is 26.0 Å². The van der Waals surface area contributed by atoms with E-state index < -0.39 is 0 Å². The van der Waals surface area contributed by atoms with Gasteiger partial charge < -0.3 is 5.73 Å². The summed E-state index contributed by atoms with van der Waals surface area (Å²) in [6, 6.07) is 10.6. The normalized spacial score (nSPS) is 12.8. The van der Waals surface area contributed by atoms with Crippen molar-refractivity contribution < 1.29 is 4.39 Å². The van der Waals surface area contributed by atoms with E-state index in [1.54, 1.807) is 17.4 Å². The molecule has 0 bridgehead atoms. The number of fused-ring (bicyclic) bond motifs is 1. The summed E-state index contributed by atoms with van der Waals surface area (Å²) in [5.74, 6) is -0.293. The Morgan fingerprint density at radius 3 is 2.60 bits per heavy atom. The lowest BCUT2D eigenvalue weighted by Crippen LogP contribution is -2.12. The molecule has 3 rings (SSSR count). The largest absolute Gasteiger partial charge is 0.320 e. The average Bonchev–Trinajstić information content (AvgIpc) is 2.86. The van der Waals surface area contributed by atoms with Crippen LogP contribution in [-0.4, -0.2) is 0 Å². The van der Waals surface area contributed by atoms with Crippen molar-refractivity contribution in [2.75, 3.05) is 0 Å². The molecule has 3 aromatic rings. The molecular formula is C15H10Br2FNS. The minimum Gasteiger partial charge on any atom is -0.320 e. The third kappa shape index (κ3) is 2.33. The molecule has 0 spiro atoms. The van der Waals surface area contributed by atoms with Gasteiger partial charge in [0.1, 0.15) is 5.82 Å². The van der Waals surface area contributed by atoms with Gasteiger partial charge in [-0.1, -0.05) is 24.3 Å². The van der Waals surface area contributed by atoms with Crippen molar-refractivity contribution in [2.24, 2.45) is 5.73 Å². The molecule has 0 radical (unpaired) electrons. The van der Waals surface area contributed by atoms with Gasteiger partial charge in [0, 0.05) is 9.17 Å². The summed E-state index contributed by atoms with van der Waals surface area (Å²) in [5.41, 5.74) is 8.11. The molecular weight excluding hydrogens is 405 g/mol. The molecule has 1 unspecified atom stereocenters. The Morgan fingerprint density at radius 1 is 1.05 bits per heavy atom. The van der Waals surface area contributed by atoms with E-state index in [9.17, 15) is 4.39 Å². The standard InChI is InChI=1S/C15H10Br2FNS/c16-11-5-1-3-8-10(7-20-15(8)11)14(19)9-4-2-6-12(18)13(9)17/h1-7,14H,19H2. The van der Waals surface area contributed by atoms with E-state index in [1.807, 2.05) is 29.6 Å². The van der Waals surface area contributed by atoms with Gasteiger partial charge in [0.25, 0.3) is 0 Å². The molecule has 2 N–H and O–H groups in total. The first-order valence-corrected chi connectivity index (χ1v) is 8.41. The van der Waals surface area contributed by atoms with Crippen LogP contribution in [0.5, 0.6) is 0 Å². The van der Waals surface area contributed by atoms with E-state index in [0.717, 1.165) is 25.7 Å². The molecule has 0 amide bonds. The third-order valence-electron chi connectivity index (χ3n) is 3.23. The van der Waals surface area contributed by atoms with Crippen LogP contribution in [0.2, 0.25) is 0 Å². The quantitative estimate of drug-likeness (QED) is 0.579. The van der Waals surface area contributed by atoms with Crippen LogP contribution >= 0.6 is 43.2 Å². The smallest absolute Gasteiger partial charge is 0.137 e. The highest BCUT2D eigenvalue weighted by Gasteiger charge is 2.18. The van der Waals surface area contributed by atoms with Crippen LogP contribution in [-0.2, 0) is 0 Å². The van der Waals surface area contributed by atoms with Crippen LogP contribution in [0.25, 0.3) is 10.1 Å². The molecule has 0 fully saturated rings. The van der Waals surface area contributed by atoms with Gasteiger partial charge in [0.2, 0.25) is 0 Å². The Balaban J connectivity index is 2.16. The SMILES string of the molecule is NC(c1cccc(F)c1Br)c1csc2c(Br)cccc12. The summed E-state index contributed by atoms with van der Waals surface area (Å²) in [5, 5.41) is 3.14. The van der Waals surface area contributed by atoms with Crippen LogP contribution in [0.15, 0.2) is 50.7 Å². The molecule has 1 heterocycles. The van der Waals surface area contributed by atoms with Crippen molar-refractivity contribution >= 4 is 53.3 Å². The van der Waals surface area contributed by atoms with Gasteiger partial charge in [0.15, 0.2) is 0 Å². The molecule has 102 valence electrons. The van der Waals surface area contributed by atoms with Crippen LogP contribution in [0.3, 0.4) is 0 Å². The zero-order valence-electron chi connectivity index (χ0n) is 10.2. The van der Waals surface area contributed by atoms with Gasteiger partial charge in [-0.3, -0.25) is 0 Å². The summed E-state index contributed by atoms with van der Waals surface area (Å²) in [7, 11) is 0. The van der Waals surface area contributed by atoms with Crippen LogP contribution in [0, 0.1) is 5.82 Å². The van der Waals surface area contributed by atoms with Gasteiger partial charge in [0.05, 0.1) is 10.5 Å². The second kappa shape index (κ2) is 5.56. The lowest BCUT2D eigenvalue weighted by atomic mass is 9.99. The third-order valence-corrected chi connectivity index (χ3v) is 6.04. The Kier molecular flexibility index (Phi) is 3.95. The monoisotopic (exact) mass is 413 g/mol. The summed E-state index contributed by atoms with van der Waals surface area (Å²) in [4.78, 5) is 0. The van der Waals surface area contributed by atoms with Gasteiger partial charge in [-0.2, -0.15) is 0 Å². The Hall–Kier alpha value is -0.750. The van der Waals surface area contributed by atoms with Crippen molar-refractivity contribution in [3.63, 3.8) is 0 Å². The predicted octanol–water partition coefficient (Wildman–Crippen LogP) is 5.61. The van der Waals surface area contributed by atoms with Crippen LogP contribution in [0.4, 0.5) is 4.39 Å². The molecule has 0 aliphatic rings. The van der Waals surface area contributed by atoms with Crippen molar-refractivity contribution in [1.29, 1.82) is 0 Å². The molecule has 0 saturated heterocycles.